The Morgan fingerprint density at radius 1 is 1.00 bits per heavy atom. The largest absolute Gasteiger partial charge is 0.342 e. The van der Waals surface area contributed by atoms with Crippen molar-refractivity contribution in [3.05, 3.63) is 40.4 Å². The molecule has 3 saturated carbocycles. The van der Waals surface area contributed by atoms with E-state index in [4.69, 9.17) is 11.6 Å². The van der Waals surface area contributed by atoms with Crippen molar-refractivity contribution >= 4 is 23.6 Å². The molecule has 0 bridgehead atoms. The van der Waals surface area contributed by atoms with Gasteiger partial charge in [-0.3, -0.25) is 4.79 Å². The third-order valence-electron chi connectivity index (χ3n) is 10.4. The number of carbonyl (C=O) groups is 1. The minimum Gasteiger partial charge on any atom is -0.342 e. The molecule has 0 N–H and O–H groups in total. The van der Waals surface area contributed by atoms with Gasteiger partial charge in [0.2, 0.25) is 5.91 Å². The first-order chi connectivity index (χ1) is 14.7. The number of likely N-dealkylation sites (tertiary alicyclic amines) is 1. The number of piperidine rings is 1. The van der Waals surface area contributed by atoms with Gasteiger partial charge in [-0.05, 0) is 104 Å². The molecule has 0 spiro atoms. The van der Waals surface area contributed by atoms with Gasteiger partial charge in [-0.1, -0.05) is 49.2 Å². The topological polar surface area (TPSA) is 20.3 Å². The van der Waals surface area contributed by atoms with E-state index in [0.717, 1.165) is 35.6 Å². The Bertz CT molecular complexity index is 891. The van der Waals surface area contributed by atoms with E-state index in [0.29, 0.717) is 28.7 Å². The zero-order chi connectivity index (χ0) is 22.0. The van der Waals surface area contributed by atoms with Gasteiger partial charge in [0.05, 0.1) is 0 Å². The predicted octanol–water partition coefficient (Wildman–Crippen LogP) is 7.22. The zero-order valence-electron chi connectivity index (χ0n) is 19.7. The highest BCUT2D eigenvalue weighted by Gasteiger charge is 2.61. The van der Waals surface area contributed by atoms with Crippen LogP contribution in [0.1, 0.15) is 77.7 Å². The molecule has 4 fully saturated rings. The minimum absolute atomic E-state index is 0.319. The van der Waals surface area contributed by atoms with E-state index in [2.05, 4.69) is 50.9 Å². The van der Waals surface area contributed by atoms with Gasteiger partial charge in [-0.25, -0.2) is 0 Å². The van der Waals surface area contributed by atoms with E-state index in [9.17, 15) is 4.79 Å². The lowest BCUT2D eigenvalue weighted by molar-refractivity contribution is -0.157. The van der Waals surface area contributed by atoms with Gasteiger partial charge in [0.15, 0.2) is 0 Å². The number of nitrogens with zero attached hydrogens (tertiary/aromatic N) is 1. The van der Waals surface area contributed by atoms with Crippen molar-refractivity contribution in [1.82, 2.24) is 4.90 Å². The van der Waals surface area contributed by atoms with E-state index < -0.39 is 0 Å². The molecule has 2 nitrogen and oxygen atoms in total. The second-order valence-electron chi connectivity index (χ2n) is 11.6. The number of allylic oxidation sites excluding steroid dienone is 1. The number of fused-ring (bicyclic) bond motifs is 5. The number of benzene rings is 1. The molecular formula is C28H38ClNO. The summed E-state index contributed by atoms with van der Waals surface area (Å²) in [5.74, 6) is 3.53. The molecule has 0 radical (unpaired) electrons. The molecule has 3 aliphatic carbocycles. The van der Waals surface area contributed by atoms with E-state index >= 15 is 0 Å². The van der Waals surface area contributed by atoms with Crippen molar-refractivity contribution in [2.24, 2.45) is 34.5 Å². The molecule has 7 atom stereocenters. The number of amides is 1. The Morgan fingerprint density at radius 3 is 2.45 bits per heavy atom. The summed E-state index contributed by atoms with van der Waals surface area (Å²) in [5.41, 5.74) is 3.56. The summed E-state index contributed by atoms with van der Waals surface area (Å²) in [5, 5.41) is 0.806. The molecule has 3 heteroatoms. The third kappa shape index (κ3) is 3.31. The van der Waals surface area contributed by atoms with Crippen LogP contribution in [0.15, 0.2) is 29.8 Å². The van der Waals surface area contributed by atoms with Crippen LogP contribution in [0.3, 0.4) is 0 Å². The lowest BCUT2D eigenvalue weighted by atomic mass is 9.46. The van der Waals surface area contributed by atoms with Crippen LogP contribution >= 0.6 is 11.6 Å². The summed E-state index contributed by atoms with van der Waals surface area (Å²) in [6.07, 6.45) is 12.2. The van der Waals surface area contributed by atoms with E-state index in [-0.39, 0.29) is 0 Å². The molecule has 168 valence electrons. The fourth-order valence-corrected chi connectivity index (χ4v) is 8.95. The lowest BCUT2D eigenvalue weighted by Gasteiger charge is -2.62. The molecule has 1 saturated heterocycles. The van der Waals surface area contributed by atoms with Crippen LogP contribution < -0.4 is 0 Å². The summed E-state index contributed by atoms with van der Waals surface area (Å²) in [7, 11) is 2.06. The standard InChI is InChI=1S/C28H38ClNO/c1-18(17-19-5-7-20(29)8-6-19)22-10-11-23-21-9-12-25-28(3,16-14-26(31)30(25)4)24(21)13-15-27(22,23)2/h5-8,17,21-25H,9-16H2,1-4H3/b18-17+/t21-,22+,23-,24-,25?,27+,28+/m0/s1. The zero-order valence-corrected chi connectivity index (χ0v) is 20.4. The highest BCUT2D eigenvalue weighted by Crippen LogP contribution is 2.67. The Labute approximate surface area is 193 Å². The first-order valence-corrected chi connectivity index (χ1v) is 12.8. The van der Waals surface area contributed by atoms with Gasteiger partial charge in [0.1, 0.15) is 0 Å². The van der Waals surface area contributed by atoms with Gasteiger partial charge in [0.25, 0.3) is 0 Å². The normalized spacial score (nSPS) is 42.7. The quantitative estimate of drug-likeness (QED) is 0.476. The molecule has 1 heterocycles. The van der Waals surface area contributed by atoms with E-state index in [1.54, 1.807) is 5.57 Å². The SMILES string of the molecule is C/C(=C\c1ccc(Cl)cc1)[C@H]1CC[C@H]2[C@@H]3CCC4N(C)C(=O)CC[C@]4(C)[C@H]3CC[C@]12C. The van der Waals surface area contributed by atoms with Crippen molar-refractivity contribution in [3.8, 4) is 0 Å². The molecule has 1 unspecified atom stereocenters. The smallest absolute Gasteiger partial charge is 0.222 e. The van der Waals surface area contributed by atoms with Crippen molar-refractivity contribution in [3.63, 3.8) is 0 Å². The maximum absolute atomic E-state index is 12.4. The molecule has 1 aromatic rings. The Hall–Kier alpha value is -1.28. The van der Waals surface area contributed by atoms with Crippen LogP contribution in [0.2, 0.25) is 5.02 Å². The van der Waals surface area contributed by atoms with Crippen LogP contribution in [0, 0.1) is 34.5 Å². The molecule has 1 amide bonds. The Morgan fingerprint density at radius 2 is 1.71 bits per heavy atom. The number of halogens is 1. The summed E-state index contributed by atoms with van der Waals surface area (Å²) in [6.45, 7) is 7.49. The molecule has 1 aromatic carbocycles. The molecule has 5 rings (SSSR count). The Kier molecular flexibility index (Phi) is 5.32. The van der Waals surface area contributed by atoms with Gasteiger partial charge < -0.3 is 4.90 Å². The van der Waals surface area contributed by atoms with E-state index in [1.165, 1.54) is 44.1 Å². The third-order valence-corrected chi connectivity index (χ3v) is 10.6. The monoisotopic (exact) mass is 439 g/mol. The van der Waals surface area contributed by atoms with Gasteiger partial charge in [-0.2, -0.15) is 0 Å². The van der Waals surface area contributed by atoms with Crippen LogP contribution in [0.4, 0.5) is 0 Å². The van der Waals surface area contributed by atoms with Crippen molar-refractivity contribution in [1.29, 1.82) is 0 Å². The predicted molar refractivity (Wildman–Crippen MR) is 129 cm³/mol. The minimum atomic E-state index is 0.319. The maximum atomic E-state index is 12.4. The van der Waals surface area contributed by atoms with Crippen LogP contribution in [-0.2, 0) is 4.79 Å². The van der Waals surface area contributed by atoms with Gasteiger partial charge in [-0.15, -0.1) is 0 Å². The molecule has 4 aliphatic rings. The van der Waals surface area contributed by atoms with Crippen molar-refractivity contribution in [2.75, 3.05) is 7.05 Å². The molecular weight excluding hydrogens is 402 g/mol. The number of hydrogen-bond acceptors (Lipinski definition) is 1. The fourth-order valence-electron chi connectivity index (χ4n) is 8.82. The van der Waals surface area contributed by atoms with E-state index in [1.807, 2.05) is 12.1 Å². The van der Waals surface area contributed by atoms with Crippen LogP contribution in [0.5, 0.6) is 0 Å². The van der Waals surface area contributed by atoms with Crippen LogP contribution in [-0.4, -0.2) is 23.9 Å². The first-order valence-electron chi connectivity index (χ1n) is 12.4. The number of carbonyl (C=O) groups excluding carboxylic acids is 1. The fraction of sp³-hybridized carbons (Fsp3) is 0.679. The highest BCUT2D eigenvalue weighted by molar-refractivity contribution is 6.30. The summed E-state index contributed by atoms with van der Waals surface area (Å²) < 4.78 is 0. The maximum Gasteiger partial charge on any atom is 0.222 e. The molecule has 31 heavy (non-hydrogen) atoms. The van der Waals surface area contributed by atoms with Crippen LogP contribution in [0.25, 0.3) is 6.08 Å². The van der Waals surface area contributed by atoms with Gasteiger partial charge >= 0.3 is 0 Å². The lowest BCUT2D eigenvalue weighted by Crippen LogP contribution is -2.61. The van der Waals surface area contributed by atoms with Crippen molar-refractivity contribution < 1.29 is 4.79 Å². The average molecular weight is 440 g/mol. The summed E-state index contributed by atoms with van der Waals surface area (Å²) in [4.78, 5) is 14.5. The highest BCUT2D eigenvalue weighted by atomic mass is 35.5. The Balaban J connectivity index is 1.39. The molecule has 1 aliphatic heterocycles. The second kappa shape index (κ2) is 7.65. The van der Waals surface area contributed by atoms with Gasteiger partial charge in [0, 0.05) is 24.5 Å². The van der Waals surface area contributed by atoms with Crippen molar-refractivity contribution in [2.45, 2.75) is 78.2 Å². The summed E-state index contributed by atoms with van der Waals surface area (Å²) in [6, 6.07) is 8.73. The summed E-state index contributed by atoms with van der Waals surface area (Å²) >= 11 is 6.09. The first kappa shape index (κ1) is 21.6. The molecule has 0 aromatic heterocycles. The average Bonchev–Trinajstić information content (AvgIpc) is 3.10. The number of rotatable bonds is 2. The second-order valence-corrected chi connectivity index (χ2v) is 12.0. The number of hydrogen-bond donors (Lipinski definition) is 0.